The molecule has 1 aromatic rings. The first-order valence-corrected chi connectivity index (χ1v) is 4.74. The van der Waals surface area contributed by atoms with Crippen molar-refractivity contribution in [3.8, 4) is 0 Å². The summed E-state index contributed by atoms with van der Waals surface area (Å²) in [5.74, 6) is 0. The molecule has 4 N–H and O–H groups in total. The molecule has 1 rings (SSSR count). The van der Waals surface area contributed by atoms with E-state index >= 15 is 0 Å². The van der Waals surface area contributed by atoms with Gasteiger partial charge in [0.2, 0.25) is 0 Å². The lowest BCUT2D eigenvalue weighted by molar-refractivity contribution is 1.18. The predicted molar refractivity (Wildman–Crippen MR) is 66.2 cm³/mol. The lowest BCUT2D eigenvalue weighted by atomic mass is 10.3. The van der Waals surface area contributed by atoms with E-state index in [2.05, 4.69) is 6.07 Å². The number of thiocarbonyl (C=S) groups is 2. The third kappa shape index (κ3) is 2.93. The molecule has 0 amide bonds. The van der Waals surface area contributed by atoms with Gasteiger partial charge in [-0.15, -0.1) is 0 Å². The lowest BCUT2D eigenvalue weighted by Gasteiger charge is -2.21. The van der Waals surface area contributed by atoms with Gasteiger partial charge in [-0.2, -0.15) is 0 Å². The molecule has 0 aliphatic rings. The van der Waals surface area contributed by atoms with Crippen molar-refractivity contribution in [1.29, 1.82) is 0 Å². The van der Waals surface area contributed by atoms with Crippen LogP contribution in [0.3, 0.4) is 0 Å². The molecule has 3 nitrogen and oxygen atoms in total. The van der Waals surface area contributed by atoms with Crippen LogP contribution in [0.2, 0.25) is 0 Å². The number of nitrogens with two attached hydrogens (primary N) is 2. The van der Waals surface area contributed by atoms with Crippen LogP contribution in [-0.2, 0) is 0 Å². The minimum absolute atomic E-state index is 0.254. The second-order valence-corrected chi connectivity index (χ2v) is 3.59. The summed E-state index contributed by atoms with van der Waals surface area (Å²) in [6.07, 6.45) is 0. The van der Waals surface area contributed by atoms with Crippen molar-refractivity contribution in [2.24, 2.45) is 11.5 Å². The molecule has 0 unspecified atom stereocenters. The van der Waals surface area contributed by atoms with Gasteiger partial charge in [0.15, 0.2) is 5.11 Å². The van der Waals surface area contributed by atoms with Crippen LogP contribution in [0.5, 0.6) is 0 Å². The van der Waals surface area contributed by atoms with Gasteiger partial charge in [0.25, 0.3) is 0 Å². The second-order valence-electron chi connectivity index (χ2n) is 2.65. The van der Waals surface area contributed by atoms with E-state index in [0.29, 0.717) is 11.5 Å². The first kappa shape index (κ1) is 10.9. The average Bonchev–Trinajstić information content (AvgIpc) is 2.15. The van der Waals surface area contributed by atoms with Gasteiger partial charge in [-0.05, 0) is 30.4 Å². The highest BCUT2D eigenvalue weighted by Crippen LogP contribution is 2.11. The third-order valence-electron chi connectivity index (χ3n) is 1.59. The SMILES string of the molecule is NC(=S)CN(C(N)=S)c1cc[c]cc1. The zero-order valence-electron chi connectivity index (χ0n) is 7.43. The van der Waals surface area contributed by atoms with Crippen molar-refractivity contribution in [2.45, 2.75) is 0 Å². The molecule has 0 bridgehead atoms. The molecule has 0 spiro atoms. The highest BCUT2D eigenvalue weighted by Gasteiger charge is 2.09. The van der Waals surface area contributed by atoms with E-state index in [-0.39, 0.29) is 5.11 Å². The van der Waals surface area contributed by atoms with Gasteiger partial charge in [0, 0.05) is 5.69 Å². The zero-order valence-corrected chi connectivity index (χ0v) is 9.07. The lowest BCUT2D eigenvalue weighted by Crippen LogP contribution is -2.40. The summed E-state index contributed by atoms with van der Waals surface area (Å²) in [7, 11) is 0. The fourth-order valence-electron chi connectivity index (χ4n) is 1.01. The van der Waals surface area contributed by atoms with Crippen LogP contribution in [0, 0.1) is 6.07 Å². The van der Waals surface area contributed by atoms with Crippen molar-refractivity contribution in [1.82, 2.24) is 0 Å². The molecule has 0 saturated carbocycles. The highest BCUT2D eigenvalue weighted by molar-refractivity contribution is 7.81. The van der Waals surface area contributed by atoms with E-state index in [1.807, 2.05) is 12.1 Å². The van der Waals surface area contributed by atoms with Crippen LogP contribution in [0.4, 0.5) is 5.69 Å². The average molecular weight is 224 g/mol. The van der Waals surface area contributed by atoms with E-state index in [1.54, 1.807) is 17.0 Å². The number of anilines is 1. The van der Waals surface area contributed by atoms with Crippen molar-refractivity contribution in [3.63, 3.8) is 0 Å². The van der Waals surface area contributed by atoms with Gasteiger partial charge in [-0.25, -0.2) is 0 Å². The fraction of sp³-hybridized carbons (Fsp3) is 0.111. The van der Waals surface area contributed by atoms with E-state index in [4.69, 9.17) is 35.9 Å². The fourth-order valence-corrected chi connectivity index (χ4v) is 1.31. The summed E-state index contributed by atoms with van der Waals surface area (Å²) in [5, 5.41) is 0.254. The number of benzene rings is 1. The Morgan fingerprint density at radius 2 is 1.86 bits per heavy atom. The number of hydrogen-bond acceptors (Lipinski definition) is 2. The maximum absolute atomic E-state index is 5.55. The van der Waals surface area contributed by atoms with Gasteiger partial charge in [-0.3, -0.25) is 0 Å². The Bertz CT molecular complexity index is 337. The summed E-state index contributed by atoms with van der Waals surface area (Å²) < 4.78 is 0. The molecular weight excluding hydrogens is 214 g/mol. The molecule has 0 atom stereocenters. The minimum Gasteiger partial charge on any atom is -0.392 e. The Hall–Kier alpha value is -1.20. The molecule has 0 saturated heterocycles. The zero-order chi connectivity index (χ0) is 10.6. The molecule has 0 aliphatic heterocycles. The first-order chi connectivity index (χ1) is 6.61. The van der Waals surface area contributed by atoms with E-state index in [9.17, 15) is 0 Å². The maximum Gasteiger partial charge on any atom is 0.171 e. The Labute approximate surface area is 93.7 Å². The van der Waals surface area contributed by atoms with Crippen LogP contribution in [0.25, 0.3) is 0 Å². The van der Waals surface area contributed by atoms with Gasteiger partial charge >= 0.3 is 0 Å². The first-order valence-electron chi connectivity index (χ1n) is 3.92. The molecule has 14 heavy (non-hydrogen) atoms. The molecule has 0 aromatic heterocycles. The Morgan fingerprint density at radius 3 is 2.29 bits per heavy atom. The summed E-state index contributed by atoms with van der Waals surface area (Å²) in [6, 6.07) is 10.2. The smallest absolute Gasteiger partial charge is 0.171 e. The second kappa shape index (κ2) is 4.88. The molecule has 5 heteroatoms. The largest absolute Gasteiger partial charge is 0.392 e. The molecule has 0 aliphatic carbocycles. The number of hydrogen-bond donors (Lipinski definition) is 2. The van der Waals surface area contributed by atoms with E-state index in [1.165, 1.54) is 0 Å². The van der Waals surface area contributed by atoms with Gasteiger partial charge in [-0.1, -0.05) is 24.4 Å². The van der Waals surface area contributed by atoms with Crippen molar-refractivity contribution in [2.75, 3.05) is 11.4 Å². The van der Waals surface area contributed by atoms with E-state index in [0.717, 1.165) is 5.69 Å². The maximum atomic E-state index is 5.55. The molecule has 1 aromatic carbocycles. The summed E-state index contributed by atoms with van der Waals surface area (Å²) in [4.78, 5) is 2.02. The number of rotatable bonds is 3. The normalized spacial score (nSPS) is 9.43. The summed E-state index contributed by atoms with van der Waals surface area (Å²) in [5.41, 5.74) is 11.8. The highest BCUT2D eigenvalue weighted by atomic mass is 32.1. The summed E-state index contributed by atoms with van der Waals surface area (Å²) in [6.45, 7) is 0.356. The van der Waals surface area contributed by atoms with Crippen molar-refractivity contribution >= 4 is 40.2 Å². The topological polar surface area (TPSA) is 55.3 Å². The molecule has 0 heterocycles. The van der Waals surface area contributed by atoms with Gasteiger partial charge in [0.1, 0.15) is 0 Å². The number of nitrogens with zero attached hydrogens (tertiary/aromatic N) is 1. The van der Waals surface area contributed by atoms with E-state index < -0.39 is 0 Å². The Kier molecular flexibility index (Phi) is 3.79. The molecule has 0 fully saturated rings. The van der Waals surface area contributed by atoms with Crippen molar-refractivity contribution < 1.29 is 0 Å². The molecule has 73 valence electrons. The minimum atomic E-state index is 0.254. The standard InChI is InChI=1S/C9H10N3S2/c10-8(13)6-12(9(11)14)7-4-2-1-3-5-7/h2-5H,6H2,(H2,10,13)(H2,11,14). The monoisotopic (exact) mass is 224 g/mol. The van der Waals surface area contributed by atoms with Gasteiger partial charge in [0.05, 0.1) is 11.5 Å². The Balaban J connectivity index is 2.89. The van der Waals surface area contributed by atoms with Gasteiger partial charge < -0.3 is 16.4 Å². The molecule has 1 radical (unpaired) electrons. The predicted octanol–water partition coefficient (Wildman–Crippen LogP) is 0.823. The quantitative estimate of drug-likeness (QED) is 0.745. The van der Waals surface area contributed by atoms with Crippen LogP contribution in [-0.4, -0.2) is 16.6 Å². The van der Waals surface area contributed by atoms with Crippen molar-refractivity contribution in [3.05, 3.63) is 30.3 Å². The Morgan fingerprint density at radius 1 is 1.29 bits per heavy atom. The van der Waals surface area contributed by atoms with Crippen LogP contribution < -0.4 is 16.4 Å². The van der Waals surface area contributed by atoms with Crippen LogP contribution >= 0.6 is 24.4 Å². The summed E-state index contributed by atoms with van der Waals surface area (Å²) >= 11 is 9.70. The van der Waals surface area contributed by atoms with Crippen LogP contribution in [0.15, 0.2) is 24.3 Å². The molecular formula is C9H10N3S2. The third-order valence-corrected chi connectivity index (χ3v) is 1.94. The van der Waals surface area contributed by atoms with Crippen LogP contribution in [0.1, 0.15) is 0 Å².